The molecule has 1 aliphatic heterocycles. The lowest BCUT2D eigenvalue weighted by Gasteiger charge is -2.35. The van der Waals surface area contributed by atoms with Crippen LogP contribution in [0.1, 0.15) is 5.56 Å². The zero-order valence-electron chi connectivity index (χ0n) is 11.3. The Labute approximate surface area is 112 Å². The van der Waals surface area contributed by atoms with Crippen molar-refractivity contribution in [3.8, 4) is 0 Å². The van der Waals surface area contributed by atoms with Crippen molar-refractivity contribution in [3.05, 3.63) is 35.4 Å². The number of rotatable bonds is 4. The lowest BCUT2D eigenvalue weighted by atomic mass is 9.99. The minimum absolute atomic E-state index is 0.00795. The minimum atomic E-state index is -0.797. The highest BCUT2D eigenvalue weighted by atomic mass is 19.2. The van der Waals surface area contributed by atoms with Crippen LogP contribution in [0.3, 0.4) is 0 Å². The molecule has 2 rings (SSSR count). The van der Waals surface area contributed by atoms with Gasteiger partial charge in [-0.05, 0) is 32.1 Å². The highest BCUT2D eigenvalue weighted by Crippen LogP contribution is 2.17. The van der Waals surface area contributed by atoms with Gasteiger partial charge in [-0.2, -0.15) is 0 Å². The van der Waals surface area contributed by atoms with Crippen molar-refractivity contribution < 1.29 is 13.5 Å². The fraction of sp³-hybridized carbons (Fsp3) is 0.571. The molecular weight excluding hydrogens is 250 g/mol. The maximum Gasteiger partial charge on any atom is 0.162 e. The third-order valence-corrected chi connectivity index (χ3v) is 3.59. The van der Waals surface area contributed by atoms with E-state index in [2.05, 4.69) is 10.2 Å². The summed E-state index contributed by atoms with van der Waals surface area (Å²) in [6, 6.07) is 4.26. The molecule has 0 spiro atoms. The quantitative estimate of drug-likeness (QED) is 0.895. The molecule has 0 aromatic heterocycles. The van der Waals surface area contributed by atoms with Gasteiger partial charge in [-0.25, -0.2) is 8.78 Å². The molecule has 5 heteroatoms. The van der Waals surface area contributed by atoms with E-state index >= 15 is 0 Å². The molecule has 1 aliphatic rings. The van der Waals surface area contributed by atoms with E-state index in [4.69, 9.17) is 4.74 Å². The first-order valence-corrected chi connectivity index (χ1v) is 6.52. The van der Waals surface area contributed by atoms with Gasteiger partial charge in [0.2, 0.25) is 0 Å². The summed E-state index contributed by atoms with van der Waals surface area (Å²) in [6.07, 6.45) is 0.407. The average Bonchev–Trinajstić information content (AvgIpc) is 2.40. The predicted molar refractivity (Wildman–Crippen MR) is 70.1 cm³/mol. The van der Waals surface area contributed by atoms with Gasteiger partial charge in [-0.15, -0.1) is 0 Å². The number of benzene rings is 1. The smallest absolute Gasteiger partial charge is 0.162 e. The van der Waals surface area contributed by atoms with E-state index < -0.39 is 11.6 Å². The van der Waals surface area contributed by atoms with E-state index in [1.165, 1.54) is 6.07 Å². The second-order valence-electron chi connectivity index (χ2n) is 4.98. The van der Waals surface area contributed by atoms with Gasteiger partial charge in [0.25, 0.3) is 0 Å². The van der Waals surface area contributed by atoms with Gasteiger partial charge in [-0.3, -0.25) is 0 Å². The molecule has 0 aliphatic carbocycles. The molecule has 106 valence electrons. The molecule has 0 amide bonds. The van der Waals surface area contributed by atoms with Gasteiger partial charge in [-0.1, -0.05) is 12.1 Å². The lowest BCUT2D eigenvalue weighted by Crippen LogP contribution is -2.51. The van der Waals surface area contributed by atoms with Crippen molar-refractivity contribution in [2.75, 3.05) is 33.8 Å². The molecule has 1 aromatic rings. The number of morpholine rings is 1. The van der Waals surface area contributed by atoms with E-state index in [0.29, 0.717) is 18.6 Å². The van der Waals surface area contributed by atoms with Crippen LogP contribution in [0.25, 0.3) is 0 Å². The van der Waals surface area contributed by atoms with Crippen LogP contribution in [-0.2, 0) is 11.2 Å². The number of hydrogen-bond donors (Lipinski definition) is 1. The molecule has 1 N–H and O–H groups in total. The van der Waals surface area contributed by atoms with Crippen LogP contribution in [0.15, 0.2) is 18.2 Å². The number of nitrogens with one attached hydrogen (secondary N) is 1. The highest BCUT2D eigenvalue weighted by Gasteiger charge is 2.26. The van der Waals surface area contributed by atoms with E-state index in [-0.39, 0.29) is 12.1 Å². The van der Waals surface area contributed by atoms with E-state index in [1.54, 1.807) is 6.07 Å². The molecule has 2 atom stereocenters. The molecule has 1 aromatic carbocycles. The van der Waals surface area contributed by atoms with Crippen molar-refractivity contribution in [1.82, 2.24) is 10.2 Å². The Bertz CT molecular complexity index is 428. The normalized spacial score (nSPS) is 22.4. The maximum absolute atomic E-state index is 13.7. The van der Waals surface area contributed by atoms with Crippen molar-refractivity contribution in [3.63, 3.8) is 0 Å². The molecule has 0 radical (unpaired) electrons. The minimum Gasteiger partial charge on any atom is -0.374 e. The Morgan fingerprint density at radius 2 is 2.26 bits per heavy atom. The van der Waals surface area contributed by atoms with Crippen molar-refractivity contribution in [2.45, 2.75) is 18.6 Å². The second kappa shape index (κ2) is 6.41. The molecule has 3 nitrogen and oxygen atoms in total. The molecule has 19 heavy (non-hydrogen) atoms. The molecular formula is C14H20F2N2O. The summed E-state index contributed by atoms with van der Waals surface area (Å²) in [5.74, 6) is -1.55. The monoisotopic (exact) mass is 270 g/mol. The van der Waals surface area contributed by atoms with Gasteiger partial charge >= 0.3 is 0 Å². The predicted octanol–water partition coefficient (Wildman–Crippen LogP) is 1.43. The summed E-state index contributed by atoms with van der Waals surface area (Å²) in [5.41, 5.74) is 0.385. The summed E-state index contributed by atoms with van der Waals surface area (Å²) in [5, 5.41) is 3.15. The molecule has 1 saturated heterocycles. The number of halogens is 2. The van der Waals surface area contributed by atoms with Crippen LogP contribution in [0.4, 0.5) is 8.78 Å². The first kappa shape index (κ1) is 14.4. The van der Waals surface area contributed by atoms with Gasteiger partial charge in [0, 0.05) is 19.1 Å². The molecule has 2 unspecified atom stereocenters. The third kappa shape index (κ3) is 3.49. The van der Waals surface area contributed by atoms with E-state index in [0.717, 1.165) is 19.2 Å². The lowest BCUT2D eigenvalue weighted by molar-refractivity contribution is -0.0373. The zero-order valence-corrected chi connectivity index (χ0v) is 11.3. The molecule has 1 fully saturated rings. The summed E-state index contributed by atoms with van der Waals surface area (Å²) in [6.45, 7) is 2.37. The first-order chi connectivity index (χ1) is 9.11. The van der Waals surface area contributed by atoms with Crippen LogP contribution in [0, 0.1) is 11.6 Å². The fourth-order valence-corrected chi connectivity index (χ4v) is 2.42. The molecule has 0 bridgehead atoms. The largest absolute Gasteiger partial charge is 0.374 e. The average molecular weight is 270 g/mol. The summed E-state index contributed by atoms with van der Waals surface area (Å²) < 4.78 is 32.6. The van der Waals surface area contributed by atoms with Gasteiger partial charge < -0.3 is 15.0 Å². The number of hydrogen-bond acceptors (Lipinski definition) is 3. The second-order valence-corrected chi connectivity index (χ2v) is 4.98. The van der Waals surface area contributed by atoms with Crippen LogP contribution < -0.4 is 5.32 Å². The van der Waals surface area contributed by atoms with Crippen LogP contribution >= 0.6 is 0 Å². The fourth-order valence-electron chi connectivity index (χ4n) is 2.42. The highest BCUT2D eigenvalue weighted by molar-refractivity contribution is 5.20. The number of ether oxygens (including phenoxy) is 1. The summed E-state index contributed by atoms with van der Waals surface area (Å²) >= 11 is 0. The van der Waals surface area contributed by atoms with Crippen molar-refractivity contribution in [2.24, 2.45) is 0 Å². The first-order valence-electron chi connectivity index (χ1n) is 6.52. The molecule has 1 heterocycles. The van der Waals surface area contributed by atoms with E-state index in [9.17, 15) is 8.78 Å². The third-order valence-electron chi connectivity index (χ3n) is 3.59. The summed E-state index contributed by atoms with van der Waals surface area (Å²) in [4.78, 5) is 2.18. The summed E-state index contributed by atoms with van der Waals surface area (Å²) in [7, 11) is 3.85. The standard InChI is InChI=1S/C14H20F2N2O/c1-17-12(13-9-18(2)6-7-19-13)8-10-4-3-5-11(15)14(10)16/h3-5,12-13,17H,6-9H2,1-2H3. The SMILES string of the molecule is CNC(Cc1cccc(F)c1F)C1CN(C)CCO1. The Balaban J connectivity index is 2.08. The Morgan fingerprint density at radius 3 is 2.95 bits per heavy atom. The van der Waals surface area contributed by atoms with Crippen molar-refractivity contribution >= 4 is 0 Å². The number of likely N-dealkylation sites (N-methyl/N-ethyl adjacent to an activating group) is 2. The van der Waals surface area contributed by atoms with Gasteiger partial charge in [0.05, 0.1) is 12.7 Å². The zero-order chi connectivity index (χ0) is 13.8. The van der Waals surface area contributed by atoms with Crippen LogP contribution in [0.5, 0.6) is 0 Å². The Hall–Kier alpha value is -1.04. The Kier molecular flexibility index (Phi) is 4.85. The maximum atomic E-state index is 13.7. The van der Waals surface area contributed by atoms with Crippen molar-refractivity contribution in [1.29, 1.82) is 0 Å². The topological polar surface area (TPSA) is 24.5 Å². The molecule has 0 saturated carbocycles. The van der Waals surface area contributed by atoms with Gasteiger partial charge in [0.1, 0.15) is 0 Å². The van der Waals surface area contributed by atoms with Crippen LogP contribution in [0.2, 0.25) is 0 Å². The number of nitrogens with zero attached hydrogens (tertiary/aromatic N) is 1. The van der Waals surface area contributed by atoms with Gasteiger partial charge in [0.15, 0.2) is 11.6 Å². The Morgan fingerprint density at radius 1 is 1.47 bits per heavy atom. The van der Waals surface area contributed by atoms with Crippen LogP contribution in [-0.4, -0.2) is 50.8 Å². The van der Waals surface area contributed by atoms with E-state index in [1.807, 2.05) is 14.1 Å².